The molecule has 86 valence electrons. The Morgan fingerprint density at radius 2 is 2.20 bits per heavy atom. The topological polar surface area (TPSA) is 46.2 Å². The lowest BCUT2D eigenvalue weighted by atomic mass is 9.97. The van der Waals surface area contributed by atoms with E-state index in [0.29, 0.717) is 16.6 Å². The van der Waals surface area contributed by atoms with Gasteiger partial charge in [0.05, 0.1) is 0 Å². The van der Waals surface area contributed by atoms with Crippen molar-refractivity contribution in [2.45, 2.75) is 18.1 Å². The molecule has 0 aliphatic heterocycles. The molecule has 1 rings (SSSR count). The summed E-state index contributed by atoms with van der Waals surface area (Å²) in [6, 6.07) is 3.30. The first-order valence-electron chi connectivity index (χ1n) is 4.46. The van der Waals surface area contributed by atoms with E-state index in [9.17, 15) is 8.42 Å². The van der Waals surface area contributed by atoms with Gasteiger partial charge in [-0.25, -0.2) is 13.1 Å². The fraction of sp³-hybridized carbons (Fsp3) is 0.556. The molecule has 0 aromatic carbocycles. The Hall–Kier alpha value is -0.100. The molecule has 1 aromatic heterocycles. The highest BCUT2D eigenvalue weighted by molar-refractivity contribution is 7.91. The van der Waals surface area contributed by atoms with Gasteiger partial charge in [0.15, 0.2) is 0 Å². The fourth-order valence-corrected chi connectivity index (χ4v) is 3.20. The molecule has 1 aromatic rings. The molecule has 0 amide bonds. The lowest BCUT2D eigenvalue weighted by Crippen LogP contribution is -2.34. The zero-order chi connectivity index (χ0) is 11.5. The average Bonchev–Trinajstić information content (AvgIpc) is 2.69. The molecular weight excluding hydrogens is 254 g/mol. The van der Waals surface area contributed by atoms with Gasteiger partial charge in [-0.05, 0) is 16.9 Å². The van der Waals surface area contributed by atoms with Crippen LogP contribution in [0.3, 0.4) is 0 Å². The van der Waals surface area contributed by atoms with Crippen molar-refractivity contribution in [1.82, 2.24) is 4.72 Å². The normalized spacial score (nSPS) is 13.0. The minimum atomic E-state index is -3.35. The number of halogens is 1. The largest absolute Gasteiger partial charge is 0.250 e. The highest BCUT2D eigenvalue weighted by Gasteiger charge is 2.21. The van der Waals surface area contributed by atoms with Crippen LogP contribution in [0.2, 0.25) is 0 Å². The second-order valence-corrected chi connectivity index (χ2v) is 7.26. The minimum Gasteiger partial charge on any atom is -0.210 e. The van der Waals surface area contributed by atoms with Gasteiger partial charge >= 0.3 is 0 Å². The van der Waals surface area contributed by atoms with Crippen LogP contribution in [0.15, 0.2) is 21.7 Å². The predicted octanol–water partition coefficient (Wildman–Crippen LogP) is 2.29. The molecule has 0 aliphatic carbocycles. The van der Waals surface area contributed by atoms with Gasteiger partial charge in [-0.1, -0.05) is 19.9 Å². The SMILES string of the molecule is CC(C)(CCl)CNS(=O)(=O)c1cccs1. The van der Waals surface area contributed by atoms with Crippen molar-refractivity contribution in [3.05, 3.63) is 17.5 Å². The van der Waals surface area contributed by atoms with Gasteiger partial charge in [-0.15, -0.1) is 22.9 Å². The summed E-state index contributed by atoms with van der Waals surface area (Å²) in [7, 11) is -3.35. The number of rotatable bonds is 5. The molecule has 0 radical (unpaired) electrons. The third kappa shape index (κ3) is 3.75. The van der Waals surface area contributed by atoms with Gasteiger partial charge in [0.1, 0.15) is 4.21 Å². The molecule has 15 heavy (non-hydrogen) atoms. The molecule has 0 saturated carbocycles. The van der Waals surface area contributed by atoms with Gasteiger partial charge in [-0.3, -0.25) is 0 Å². The van der Waals surface area contributed by atoms with Crippen LogP contribution in [0.5, 0.6) is 0 Å². The molecule has 0 saturated heterocycles. The van der Waals surface area contributed by atoms with E-state index in [1.54, 1.807) is 17.5 Å². The van der Waals surface area contributed by atoms with E-state index < -0.39 is 10.0 Å². The first kappa shape index (κ1) is 13.0. The Morgan fingerprint density at radius 3 is 2.67 bits per heavy atom. The summed E-state index contributed by atoms with van der Waals surface area (Å²) in [6.07, 6.45) is 0. The zero-order valence-corrected chi connectivity index (χ0v) is 11.0. The standard InChI is InChI=1S/C9H14ClNO2S2/c1-9(2,6-10)7-11-15(12,13)8-4-3-5-14-8/h3-5,11H,6-7H2,1-2H3. The quantitative estimate of drug-likeness (QED) is 0.832. The highest BCUT2D eigenvalue weighted by atomic mass is 35.5. The molecule has 0 atom stereocenters. The smallest absolute Gasteiger partial charge is 0.210 e. The van der Waals surface area contributed by atoms with E-state index in [-0.39, 0.29) is 5.41 Å². The zero-order valence-electron chi connectivity index (χ0n) is 8.66. The number of thiophene rings is 1. The average molecular weight is 268 g/mol. The summed E-state index contributed by atoms with van der Waals surface area (Å²) < 4.78 is 26.3. The van der Waals surface area contributed by atoms with Crippen LogP contribution in [0.1, 0.15) is 13.8 Å². The lowest BCUT2D eigenvalue weighted by molar-refractivity contribution is 0.414. The van der Waals surface area contributed by atoms with Gasteiger partial charge in [0, 0.05) is 12.4 Å². The molecule has 0 aliphatic rings. The second-order valence-electron chi connectivity index (χ2n) is 4.05. The summed E-state index contributed by atoms with van der Waals surface area (Å²) >= 11 is 6.92. The maximum atomic E-state index is 11.7. The predicted molar refractivity (Wildman–Crippen MR) is 64.0 cm³/mol. The summed E-state index contributed by atoms with van der Waals surface area (Å²) in [4.78, 5) is 0. The van der Waals surface area contributed by atoms with Crippen LogP contribution in [-0.2, 0) is 10.0 Å². The third-order valence-corrected chi connectivity index (χ3v) is 5.38. The van der Waals surface area contributed by atoms with Gasteiger partial charge in [0.25, 0.3) is 0 Å². The molecule has 0 spiro atoms. The van der Waals surface area contributed by atoms with Crippen molar-refractivity contribution < 1.29 is 8.42 Å². The van der Waals surface area contributed by atoms with E-state index >= 15 is 0 Å². The van der Waals surface area contributed by atoms with Crippen LogP contribution in [0.4, 0.5) is 0 Å². The Kier molecular flexibility index (Phi) is 4.17. The number of nitrogens with one attached hydrogen (secondary N) is 1. The Bertz CT molecular complexity index is 398. The van der Waals surface area contributed by atoms with Crippen LogP contribution in [0, 0.1) is 5.41 Å². The summed E-state index contributed by atoms with van der Waals surface area (Å²) in [5, 5.41) is 1.74. The number of alkyl halides is 1. The summed E-state index contributed by atoms with van der Waals surface area (Å²) in [5.41, 5.74) is -0.230. The summed E-state index contributed by atoms with van der Waals surface area (Å²) in [6.45, 7) is 4.17. The Labute approximate surface area is 99.5 Å². The maximum Gasteiger partial charge on any atom is 0.250 e. The molecule has 0 unspecified atom stereocenters. The Morgan fingerprint density at radius 1 is 1.53 bits per heavy atom. The molecule has 0 bridgehead atoms. The minimum absolute atomic E-state index is 0.230. The van der Waals surface area contributed by atoms with Crippen molar-refractivity contribution in [1.29, 1.82) is 0 Å². The second kappa shape index (κ2) is 4.82. The molecule has 1 heterocycles. The van der Waals surface area contributed by atoms with Crippen LogP contribution in [0.25, 0.3) is 0 Å². The van der Waals surface area contributed by atoms with E-state index in [2.05, 4.69) is 4.72 Å². The van der Waals surface area contributed by atoms with Crippen LogP contribution >= 0.6 is 22.9 Å². The number of hydrogen-bond donors (Lipinski definition) is 1. The van der Waals surface area contributed by atoms with Crippen molar-refractivity contribution in [3.8, 4) is 0 Å². The van der Waals surface area contributed by atoms with Crippen molar-refractivity contribution in [2.75, 3.05) is 12.4 Å². The van der Waals surface area contributed by atoms with Crippen molar-refractivity contribution in [3.63, 3.8) is 0 Å². The number of hydrogen-bond acceptors (Lipinski definition) is 3. The molecule has 6 heteroatoms. The van der Waals surface area contributed by atoms with Crippen molar-refractivity contribution >= 4 is 33.0 Å². The third-order valence-electron chi connectivity index (χ3n) is 1.86. The monoisotopic (exact) mass is 267 g/mol. The van der Waals surface area contributed by atoms with Gasteiger partial charge < -0.3 is 0 Å². The van der Waals surface area contributed by atoms with Crippen molar-refractivity contribution in [2.24, 2.45) is 5.41 Å². The molecular formula is C9H14ClNO2S2. The van der Waals surface area contributed by atoms with Crippen LogP contribution < -0.4 is 4.72 Å². The van der Waals surface area contributed by atoms with Crippen LogP contribution in [-0.4, -0.2) is 20.8 Å². The Balaban J connectivity index is 2.67. The van der Waals surface area contributed by atoms with E-state index in [4.69, 9.17) is 11.6 Å². The molecule has 0 fully saturated rings. The number of sulfonamides is 1. The van der Waals surface area contributed by atoms with E-state index in [1.807, 2.05) is 13.8 Å². The van der Waals surface area contributed by atoms with E-state index in [0.717, 1.165) is 0 Å². The molecule has 3 nitrogen and oxygen atoms in total. The summed E-state index contributed by atoms with van der Waals surface area (Å²) in [5.74, 6) is 0.417. The fourth-order valence-electron chi connectivity index (χ4n) is 0.825. The highest BCUT2D eigenvalue weighted by Crippen LogP contribution is 2.19. The van der Waals surface area contributed by atoms with Gasteiger partial charge in [-0.2, -0.15) is 0 Å². The first-order valence-corrected chi connectivity index (χ1v) is 7.36. The first-order chi connectivity index (χ1) is 6.87. The molecule has 1 N–H and O–H groups in total. The van der Waals surface area contributed by atoms with E-state index in [1.165, 1.54) is 11.3 Å². The van der Waals surface area contributed by atoms with Gasteiger partial charge in [0.2, 0.25) is 10.0 Å². The lowest BCUT2D eigenvalue weighted by Gasteiger charge is -2.21. The maximum absolute atomic E-state index is 11.7.